The molecule has 0 unspecified atom stereocenters. The molecule has 3 aromatic rings. The van der Waals surface area contributed by atoms with Gasteiger partial charge in [-0.15, -0.1) is 0 Å². The molecule has 7 heteroatoms. The van der Waals surface area contributed by atoms with Gasteiger partial charge in [-0.1, -0.05) is 15.9 Å². The minimum atomic E-state index is -4.35. The molecule has 0 bridgehead atoms. The van der Waals surface area contributed by atoms with Gasteiger partial charge in [-0.2, -0.15) is 13.2 Å². The van der Waals surface area contributed by atoms with Crippen molar-refractivity contribution in [3.05, 3.63) is 65.2 Å². The monoisotopic (exact) mass is 382 g/mol. The molecule has 0 aliphatic carbocycles. The standard InChI is InChI=1S/C16H10BrF3N2O/c17-11-3-6-14(13(7-11)15-8-23-9-21-15)22-12-4-1-10(2-5-12)16(18,19)20/h1-9,22H. The Balaban J connectivity index is 1.91. The van der Waals surface area contributed by atoms with E-state index in [1.165, 1.54) is 24.8 Å². The lowest BCUT2D eigenvalue weighted by Gasteiger charge is -2.12. The molecule has 0 amide bonds. The first-order chi connectivity index (χ1) is 10.9. The number of benzene rings is 2. The average molecular weight is 383 g/mol. The van der Waals surface area contributed by atoms with Gasteiger partial charge < -0.3 is 9.73 Å². The van der Waals surface area contributed by atoms with Crippen molar-refractivity contribution in [3.63, 3.8) is 0 Å². The Kier molecular flexibility index (Phi) is 4.12. The van der Waals surface area contributed by atoms with Gasteiger partial charge in [0.2, 0.25) is 0 Å². The van der Waals surface area contributed by atoms with Gasteiger partial charge in [0, 0.05) is 21.4 Å². The molecule has 0 spiro atoms. The van der Waals surface area contributed by atoms with Crippen LogP contribution in [0.25, 0.3) is 11.3 Å². The van der Waals surface area contributed by atoms with Gasteiger partial charge in [0.15, 0.2) is 6.39 Å². The van der Waals surface area contributed by atoms with E-state index in [0.29, 0.717) is 17.1 Å². The van der Waals surface area contributed by atoms with Crippen LogP contribution >= 0.6 is 15.9 Å². The zero-order valence-corrected chi connectivity index (χ0v) is 13.1. The Hall–Kier alpha value is -2.28. The van der Waals surface area contributed by atoms with Gasteiger partial charge in [0.1, 0.15) is 12.0 Å². The van der Waals surface area contributed by atoms with Gasteiger partial charge in [0.25, 0.3) is 0 Å². The Morgan fingerprint density at radius 2 is 1.78 bits per heavy atom. The van der Waals surface area contributed by atoms with Crippen LogP contribution in [0.4, 0.5) is 24.5 Å². The second-order valence-electron chi connectivity index (χ2n) is 4.76. The fourth-order valence-electron chi connectivity index (χ4n) is 2.08. The van der Waals surface area contributed by atoms with Crippen LogP contribution in [0.1, 0.15) is 5.56 Å². The average Bonchev–Trinajstić information content (AvgIpc) is 3.03. The SMILES string of the molecule is FC(F)(F)c1ccc(Nc2ccc(Br)cc2-c2cocn2)cc1. The lowest BCUT2D eigenvalue weighted by Crippen LogP contribution is -2.04. The summed E-state index contributed by atoms with van der Waals surface area (Å²) in [4.78, 5) is 4.10. The van der Waals surface area contributed by atoms with Crippen LogP contribution in [0.15, 0.2) is 64.0 Å². The predicted molar refractivity (Wildman–Crippen MR) is 84.4 cm³/mol. The molecule has 0 saturated carbocycles. The van der Waals surface area contributed by atoms with E-state index in [1.54, 1.807) is 0 Å². The summed E-state index contributed by atoms with van der Waals surface area (Å²) in [5, 5.41) is 3.10. The number of hydrogen-bond donors (Lipinski definition) is 1. The molecule has 0 radical (unpaired) electrons. The van der Waals surface area contributed by atoms with E-state index in [-0.39, 0.29) is 0 Å². The van der Waals surface area contributed by atoms with Crippen LogP contribution in [0.2, 0.25) is 0 Å². The number of rotatable bonds is 3. The highest BCUT2D eigenvalue weighted by Gasteiger charge is 2.29. The van der Waals surface area contributed by atoms with Crippen LogP contribution in [0, 0.1) is 0 Å². The Morgan fingerprint density at radius 1 is 1.04 bits per heavy atom. The number of nitrogens with zero attached hydrogens (tertiary/aromatic N) is 1. The first kappa shape index (κ1) is 15.6. The number of aromatic nitrogens is 1. The van der Waals surface area contributed by atoms with Crippen LogP contribution in [0.5, 0.6) is 0 Å². The number of halogens is 4. The molecule has 118 valence electrons. The molecule has 0 saturated heterocycles. The molecule has 0 aliphatic heterocycles. The van der Waals surface area contributed by atoms with E-state index in [9.17, 15) is 13.2 Å². The quantitative estimate of drug-likeness (QED) is 0.615. The van der Waals surface area contributed by atoms with Crippen molar-refractivity contribution in [2.24, 2.45) is 0 Å². The zero-order chi connectivity index (χ0) is 16.4. The largest absolute Gasteiger partial charge is 0.451 e. The molecule has 1 aromatic heterocycles. The van der Waals surface area contributed by atoms with Crippen LogP contribution in [-0.2, 0) is 6.18 Å². The highest BCUT2D eigenvalue weighted by atomic mass is 79.9. The Morgan fingerprint density at radius 3 is 2.39 bits per heavy atom. The molecule has 3 rings (SSSR count). The number of oxazole rings is 1. The van der Waals surface area contributed by atoms with E-state index < -0.39 is 11.7 Å². The summed E-state index contributed by atoms with van der Waals surface area (Å²) >= 11 is 3.39. The maximum absolute atomic E-state index is 12.6. The predicted octanol–water partition coefficient (Wildman–Crippen LogP) is 5.87. The van der Waals surface area contributed by atoms with E-state index in [2.05, 4.69) is 26.2 Å². The molecule has 0 atom stereocenters. The highest BCUT2D eigenvalue weighted by Crippen LogP contribution is 2.33. The lowest BCUT2D eigenvalue weighted by atomic mass is 10.1. The number of alkyl halides is 3. The van der Waals surface area contributed by atoms with Crippen molar-refractivity contribution in [1.82, 2.24) is 4.98 Å². The van der Waals surface area contributed by atoms with Crippen molar-refractivity contribution in [1.29, 1.82) is 0 Å². The van der Waals surface area contributed by atoms with Crippen LogP contribution in [-0.4, -0.2) is 4.98 Å². The maximum atomic E-state index is 12.6. The summed E-state index contributed by atoms with van der Waals surface area (Å²) in [5.41, 5.74) is 1.97. The van der Waals surface area contributed by atoms with Gasteiger partial charge in [-0.3, -0.25) is 0 Å². The van der Waals surface area contributed by atoms with Crippen molar-refractivity contribution in [2.75, 3.05) is 5.32 Å². The first-order valence-corrected chi connectivity index (χ1v) is 7.35. The molecule has 3 nitrogen and oxygen atoms in total. The smallest absolute Gasteiger partial charge is 0.416 e. The lowest BCUT2D eigenvalue weighted by molar-refractivity contribution is -0.137. The third kappa shape index (κ3) is 3.56. The Bertz CT molecular complexity index is 799. The van der Waals surface area contributed by atoms with Crippen LogP contribution < -0.4 is 5.32 Å². The van der Waals surface area contributed by atoms with Gasteiger partial charge in [-0.25, -0.2) is 4.98 Å². The second-order valence-corrected chi connectivity index (χ2v) is 5.68. The normalized spacial score (nSPS) is 11.5. The molecule has 2 aromatic carbocycles. The van der Waals surface area contributed by atoms with E-state index in [4.69, 9.17) is 4.42 Å². The van der Waals surface area contributed by atoms with Gasteiger partial charge >= 0.3 is 6.18 Å². The molecule has 1 heterocycles. The van der Waals surface area contributed by atoms with E-state index >= 15 is 0 Å². The minimum Gasteiger partial charge on any atom is -0.451 e. The number of hydrogen-bond acceptors (Lipinski definition) is 3. The zero-order valence-electron chi connectivity index (χ0n) is 11.6. The summed E-state index contributed by atoms with van der Waals surface area (Å²) in [6.07, 6.45) is -1.53. The van der Waals surface area contributed by atoms with Crippen LogP contribution in [0.3, 0.4) is 0 Å². The second kappa shape index (κ2) is 6.08. The molecular formula is C16H10BrF3N2O. The summed E-state index contributed by atoms with van der Waals surface area (Å²) in [5.74, 6) is 0. The summed E-state index contributed by atoms with van der Waals surface area (Å²) in [7, 11) is 0. The molecule has 23 heavy (non-hydrogen) atoms. The third-order valence-electron chi connectivity index (χ3n) is 3.18. The van der Waals surface area contributed by atoms with E-state index in [1.807, 2.05) is 18.2 Å². The fourth-order valence-corrected chi connectivity index (χ4v) is 2.44. The fraction of sp³-hybridized carbons (Fsp3) is 0.0625. The summed E-state index contributed by atoms with van der Waals surface area (Å²) < 4.78 is 43.6. The summed E-state index contributed by atoms with van der Waals surface area (Å²) in [6.45, 7) is 0. The molecule has 0 fully saturated rings. The summed E-state index contributed by atoms with van der Waals surface area (Å²) in [6, 6.07) is 10.3. The van der Waals surface area contributed by atoms with Gasteiger partial charge in [-0.05, 0) is 42.5 Å². The first-order valence-electron chi connectivity index (χ1n) is 6.56. The van der Waals surface area contributed by atoms with E-state index in [0.717, 1.165) is 22.2 Å². The van der Waals surface area contributed by atoms with Crippen molar-refractivity contribution < 1.29 is 17.6 Å². The number of anilines is 2. The third-order valence-corrected chi connectivity index (χ3v) is 3.67. The maximum Gasteiger partial charge on any atom is 0.416 e. The minimum absolute atomic E-state index is 0.546. The topological polar surface area (TPSA) is 38.1 Å². The number of nitrogens with one attached hydrogen (secondary N) is 1. The molecular weight excluding hydrogens is 373 g/mol. The molecule has 1 N–H and O–H groups in total. The Labute approximate surface area is 138 Å². The molecule has 0 aliphatic rings. The van der Waals surface area contributed by atoms with Crippen molar-refractivity contribution in [3.8, 4) is 11.3 Å². The van der Waals surface area contributed by atoms with Crippen molar-refractivity contribution in [2.45, 2.75) is 6.18 Å². The van der Waals surface area contributed by atoms with Gasteiger partial charge in [0.05, 0.1) is 5.56 Å². The highest BCUT2D eigenvalue weighted by molar-refractivity contribution is 9.10. The van der Waals surface area contributed by atoms with Crippen molar-refractivity contribution >= 4 is 27.3 Å².